The third-order valence-electron chi connectivity index (χ3n) is 5.28. The highest BCUT2D eigenvalue weighted by Gasteiger charge is 2.22. The molecule has 3 rings (SSSR count). The second-order valence-electron chi connectivity index (χ2n) is 7.34. The standard InChI is InChI=1S/C22H26O3S/c1-4-15(3)16-6-8-17(9-7-16)19(23)13-25-22(24)21-12-18-11-14(2)5-10-20(18)26-21/h6-9,12,14-15H,4-5,10-11,13H2,1-3H3/t14-,15+/m0/s1. The predicted octanol–water partition coefficient (Wildman–Crippen LogP) is 5.43. The van der Waals surface area contributed by atoms with E-state index in [-0.39, 0.29) is 18.4 Å². The summed E-state index contributed by atoms with van der Waals surface area (Å²) in [6.07, 6.45) is 4.30. The molecule has 0 fully saturated rings. The van der Waals surface area contributed by atoms with Crippen molar-refractivity contribution in [1.82, 2.24) is 0 Å². The summed E-state index contributed by atoms with van der Waals surface area (Å²) in [6, 6.07) is 9.56. The Labute approximate surface area is 159 Å². The summed E-state index contributed by atoms with van der Waals surface area (Å²) in [5.41, 5.74) is 3.08. The van der Waals surface area contributed by atoms with E-state index >= 15 is 0 Å². The van der Waals surface area contributed by atoms with Crippen molar-refractivity contribution in [1.29, 1.82) is 0 Å². The number of thiophene rings is 1. The van der Waals surface area contributed by atoms with Gasteiger partial charge in [0.2, 0.25) is 0 Å². The Morgan fingerprint density at radius 1 is 1.27 bits per heavy atom. The maximum Gasteiger partial charge on any atom is 0.348 e. The number of fused-ring (bicyclic) bond motifs is 1. The average Bonchev–Trinajstić information content (AvgIpc) is 3.08. The summed E-state index contributed by atoms with van der Waals surface area (Å²) < 4.78 is 5.27. The quantitative estimate of drug-likeness (QED) is 0.503. The fraction of sp³-hybridized carbons (Fsp3) is 0.455. The summed E-state index contributed by atoms with van der Waals surface area (Å²) in [6.45, 7) is 6.34. The number of benzene rings is 1. The molecule has 1 aromatic heterocycles. The van der Waals surface area contributed by atoms with Gasteiger partial charge in [0.15, 0.2) is 12.4 Å². The normalized spacial score (nSPS) is 17.4. The molecule has 138 valence electrons. The molecule has 1 heterocycles. The second kappa shape index (κ2) is 8.17. The lowest BCUT2D eigenvalue weighted by Crippen LogP contribution is -2.13. The molecule has 26 heavy (non-hydrogen) atoms. The number of ether oxygens (including phenoxy) is 1. The summed E-state index contributed by atoms with van der Waals surface area (Å²) in [7, 11) is 0. The smallest absolute Gasteiger partial charge is 0.348 e. The Bertz CT molecular complexity index is 788. The lowest BCUT2D eigenvalue weighted by atomic mass is 9.90. The van der Waals surface area contributed by atoms with Gasteiger partial charge in [-0.15, -0.1) is 11.3 Å². The SMILES string of the molecule is CC[C@@H](C)c1ccc(C(=O)COC(=O)c2cc3c(s2)CC[C@H](C)C3)cc1. The van der Waals surface area contributed by atoms with Crippen LogP contribution in [0.1, 0.15) is 75.6 Å². The van der Waals surface area contributed by atoms with Crippen LogP contribution in [0.4, 0.5) is 0 Å². The zero-order valence-corrected chi connectivity index (χ0v) is 16.5. The monoisotopic (exact) mass is 370 g/mol. The summed E-state index contributed by atoms with van der Waals surface area (Å²) in [4.78, 5) is 26.5. The van der Waals surface area contributed by atoms with E-state index in [4.69, 9.17) is 4.74 Å². The average molecular weight is 371 g/mol. The minimum atomic E-state index is -0.387. The zero-order chi connectivity index (χ0) is 18.7. The first kappa shape index (κ1) is 18.8. The van der Waals surface area contributed by atoms with Crippen molar-refractivity contribution in [2.45, 2.75) is 52.4 Å². The summed E-state index contributed by atoms with van der Waals surface area (Å²) in [5, 5.41) is 0. The van der Waals surface area contributed by atoms with Gasteiger partial charge in [-0.2, -0.15) is 0 Å². The molecule has 2 aromatic rings. The van der Waals surface area contributed by atoms with E-state index in [2.05, 4.69) is 20.8 Å². The molecule has 0 saturated carbocycles. The van der Waals surface area contributed by atoms with Crippen molar-refractivity contribution in [3.63, 3.8) is 0 Å². The molecule has 0 bridgehead atoms. The first-order chi connectivity index (χ1) is 12.5. The number of hydrogen-bond donors (Lipinski definition) is 0. The van der Waals surface area contributed by atoms with Gasteiger partial charge in [-0.25, -0.2) is 4.79 Å². The Hall–Kier alpha value is -1.94. The lowest BCUT2D eigenvalue weighted by molar-refractivity contribution is 0.0479. The van der Waals surface area contributed by atoms with Crippen LogP contribution in [0.5, 0.6) is 0 Å². The third-order valence-corrected chi connectivity index (χ3v) is 6.50. The Kier molecular flexibility index (Phi) is 5.92. The number of aryl methyl sites for hydroxylation is 1. The minimum absolute atomic E-state index is 0.163. The molecule has 1 aliphatic carbocycles. The van der Waals surface area contributed by atoms with Gasteiger partial charge in [-0.1, -0.05) is 45.0 Å². The molecule has 1 aliphatic rings. The van der Waals surface area contributed by atoms with Gasteiger partial charge in [0.1, 0.15) is 4.88 Å². The van der Waals surface area contributed by atoms with Crippen LogP contribution in [0, 0.1) is 5.92 Å². The van der Waals surface area contributed by atoms with Gasteiger partial charge in [0, 0.05) is 10.4 Å². The number of esters is 1. The van der Waals surface area contributed by atoms with Crippen LogP contribution < -0.4 is 0 Å². The Morgan fingerprint density at radius 3 is 2.69 bits per heavy atom. The molecule has 1 aromatic carbocycles. The predicted molar refractivity (Wildman–Crippen MR) is 105 cm³/mol. The van der Waals surface area contributed by atoms with E-state index in [1.165, 1.54) is 33.8 Å². The van der Waals surface area contributed by atoms with E-state index in [0.717, 1.165) is 19.3 Å². The van der Waals surface area contributed by atoms with Crippen LogP contribution in [-0.4, -0.2) is 18.4 Å². The van der Waals surface area contributed by atoms with Gasteiger partial charge in [-0.05, 0) is 54.7 Å². The molecule has 0 saturated heterocycles. The number of ketones is 1. The number of Topliss-reactive ketones (excluding diaryl/α,β-unsaturated/α-hetero) is 1. The molecule has 0 unspecified atom stereocenters. The molecule has 2 atom stereocenters. The molecular weight excluding hydrogens is 344 g/mol. The van der Waals surface area contributed by atoms with Crippen molar-refractivity contribution < 1.29 is 14.3 Å². The largest absolute Gasteiger partial charge is 0.453 e. The van der Waals surface area contributed by atoms with Crippen molar-refractivity contribution >= 4 is 23.1 Å². The Morgan fingerprint density at radius 2 is 2.00 bits per heavy atom. The second-order valence-corrected chi connectivity index (χ2v) is 8.47. The van der Waals surface area contributed by atoms with Crippen LogP contribution in [0.2, 0.25) is 0 Å². The molecular formula is C22H26O3S. The number of hydrogen-bond acceptors (Lipinski definition) is 4. The van der Waals surface area contributed by atoms with E-state index in [9.17, 15) is 9.59 Å². The van der Waals surface area contributed by atoms with Crippen molar-refractivity contribution in [2.75, 3.05) is 6.61 Å². The van der Waals surface area contributed by atoms with Gasteiger partial charge >= 0.3 is 5.97 Å². The van der Waals surface area contributed by atoms with E-state index < -0.39 is 0 Å². The van der Waals surface area contributed by atoms with Crippen molar-refractivity contribution in [2.24, 2.45) is 5.92 Å². The highest BCUT2D eigenvalue weighted by Crippen LogP contribution is 2.32. The Balaban J connectivity index is 1.58. The van der Waals surface area contributed by atoms with E-state index in [0.29, 0.717) is 22.3 Å². The maximum atomic E-state index is 12.3. The topological polar surface area (TPSA) is 43.4 Å². The molecule has 4 heteroatoms. The highest BCUT2D eigenvalue weighted by molar-refractivity contribution is 7.14. The minimum Gasteiger partial charge on any atom is -0.453 e. The molecule has 0 amide bonds. The van der Waals surface area contributed by atoms with E-state index in [1.807, 2.05) is 30.3 Å². The van der Waals surface area contributed by atoms with Crippen LogP contribution in [-0.2, 0) is 17.6 Å². The fourth-order valence-electron chi connectivity index (χ4n) is 3.33. The molecule has 0 radical (unpaired) electrons. The molecule has 0 aliphatic heterocycles. The number of carbonyl (C=O) groups excluding carboxylic acids is 2. The van der Waals surface area contributed by atoms with Crippen LogP contribution in [0.25, 0.3) is 0 Å². The maximum absolute atomic E-state index is 12.3. The van der Waals surface area contributed by atoms with Gasteiger partial charge in [-0.3, -0.25) is 4.79 Å². The first-order valence-corrected chi connectivity index (χ1v) is 10.2. The van der Waals surface area contributed by atoms with Crippen LogP contribution in [0.15, 0.2) is 30.3 Å². The van der Waals surface area contributed by atoms with Crippen LogP contribution in [0.3, 0.4) is 0 Å². The van der Waals surface area contributed by atoms with Gasteiger partial charge in [0.05, 0.1) is 0 Å². The number of rotatable bonds is 6. The lowest BCUT2D eigenvalue weighted by Gasteiger charge is -2.16. The first-order valence-electron chi connectivity index (χ1n) is 9.39. The third kappa shape index (κ3) is 4.24. The van der Waals surface area contributed by atoms with Gasteiger partial charge < -0.3 is 4.74 Å². The van der Waals surface area contributed by atoms with Crippen molar-refractivity contribution in [3.05, 3.63) is 56.8 Å². The van der Waals surface area contributed by atoms with Crippen molar-refractivity contribution in [3.8, 4) is 0 Å². The molecule has 3 nitrogen and oxygen atoms in total. The fourth-order valence-corrected chi connectivity index (χ4v) is 4.43. The summed E-state index contributed by atoms with van der Waals surface area (Å²) >= 11 is 1.51. The molecule has 0 spiro atoms. The number of carbonyl (C=O) groups is 2. The highest BCUT2D eigenvalue weighted by atomic mass is 32.1. The van der Waals surface area contributed by atoms with Gasteiger partial charge in [0.25, 0.3) is 0 Å². The zero-order valence-electron chi connectivity index (χ0n) is 15.7. The van der Waals surface area contributed by atoms with E-state index in [1.54, 1.807) is 0 Å². The van der Waals surface area contributed by atoms with Crippen LogP contribution >= 0.6 is 11.3 Å². The summed E-state index contributed by atoms with van der Waals surface area (Å²) in [5.74, 6) is 0.594. The molecule has 0 N–H and O–H groups in total.